The van der Waals surface area contributed by atoms with Gasteiger partial charge in [-0.15, -0.1) is 12.4 Å². The Morgan fingerprint density at radius 2 is 2.09 bits per heavy atom. The molecule has 1 fully saturated rings. The van der Waals surface area contributed by atoms with Gasteiger partial charge < -0.3 is 11.1 Å². The van der Waals surface area contributed by atoms with E-state index in [0.29, 0.717) is 18.8 Å². The number of amides is 3. The molecule has 2 atom stereocenters. The van der Waals surface area contributed by atoms with Crippen molar-refractivity contribution in [1.29, 1.82) is 0 Å². The third kappa shape index (κ3) is 4.56. The van der Waals surface area contributed by atoms with Crippen LogP contribution in [0.25, 0.3) is 0 Å². The fraction of sp³-hybridized carbons (Fsp3) is 0.533. The Hall–Kier alpha value is -1.86. The Balaban J connectivity index is 0.00000264. The number of carbonyl (C=O) groups is 2. The van der Waals surface area contributed by atoms with Gasteiger partial charge in [0.05, 0.1) is 17.9 Å². The molecule has 0 saturated carbocycles. The Morgan fingerprint density at radius 3 is 2.70 bits per heavy atom. The molecule has 23 heavy (non-hydrogen) atoms. The minimum Gasteiger partial charge on any atom is -0.320 e. The van der Waals surface area contributed by atoms with Crippen LogP contribution in [0.3, 0.4) is 0 Å². The van der Waals surface area contributed by atoms with Crippen LogP contribution < -0.4 is 11.1 Å². The van der Waals surface area contributed by atoms with Gasteiger partial charge in [-0.2, -0.15) is 0 Å². The summed E-state index contributed by atoms with van der Waals surface area (Å²) in [6.45, 7) is 4.96. The summed E-state index contributed by atoms with van der Waals surface area (Å²) in [5.41, 5.74) is 6.60. The van der Waals surface area contributed by atoms with Gasteiger partial charge in [0.2, 0.25) is 0 Å². The highest BCUT2D eigenvalue weighted by atomic mass is 35.5. The average Bonchev–Trinajstić information content (AvgIpc) is 3.03. The molecule has 2 rings (SSSR count). The number of hydrogen-bond donors (Lipinski definition) is 2. The minimum absolute atomic E-state index is 0. The summed E-state index contributed by atoms with van der Waals surface area (Å²) in [7, 11) is 0. The largest absolute Gasteiger partial charge is 0.340 e. The molecule has 2 unspecified atom stereocenters. The lowest BCUT2D eigenvalue weighted by Crippen LogP contribution is -2.53. The van der Waals surface area contributed by atoms with Gasteiger partial charge in [-0.05, 0) is 24.5 Å². The van der Waals surface area contributed by atoms with Crippen LogP contribution in [0.15, 0.2) is 24.5 Å². The number of hydrazine groups is 1. The SMILES string of the molecule is CCC(C)C(N)C(=O)N1CCCN1C(=O)Nc1cccnc1.Cl. The maximum atomic E-state index is 12.5. The van der Waals surface area contributed by atoms with Gasteiger partial charge in [-0.1, -0.05) is 20.3 Å². The lowest BCUT2D eigenvalue weighted by Gasteiger charge is -2.31. The first-order chi connectivity index (χ1) is 10.5. The number of anilines is 1. The molecule has 1 aliphatic rings. The van der Waals surface area contributed by atoms with Crippen LogP contribution in [0.2, 0.25) is 0 Å². The fourth-order valence-electron chi connectivity index (χ4n) is 2.35. The number of rotatable bonds is 4. The Bertz CT molecular complexity index is 528. The van der Waals surface area contributed by atoms with E-state index in [1.54, 1.807) is 24.5 Å². The molecule has 0 bridgehead atoms. The van der Waals surface area contributed by atoms with E-state index < -0.39 is 6.04 Å². The number of nitrogens with zero attached hydrogens (tertiary/aromatic N) is 3. The van der Waals surface area contributed by atoms with Gasteiger partial charge >= 0.3 is 6.03 Å². The second-order valence-corrected chi connectivity index (χ2v) is 5.52. The third-order valence-corrected chi connectivity index (χ3v) is 3.98. The molecule has 0 aliphatic carbocycles. The topological polar surface area (TPSA) is 91.6 Å². The van der Waals surface area contributed by atoms with Gasteiger partial charge in [0, 0.05) is 19.3 Å². The van der Waals surface area contributed by atoms with E-state index in [1.807, 2.05) is 13.8 Å². The van der Waals surface area contributed by atoms with E-state index >= 15 is 0 Å². The number of pyridine rings is 1. The van der Waals surface area contributed by atoms with Gasteiger partial charge in [-0.3, -0.25) is 9.78 Å². The molecule has 1 aromatic rings. The first-order valence-electron chi connectivity index (χ1n) is 7.60. The van der Waals surface area contributed by atoms with Gasteiger partial charge in [0.15, 0.2) is 0 Å². The summed E-state index contributed by atoms with van der Waals surface area (Å²) in [5, 5.41) is 5.63. The molecule has 8 heteroatoms. The van der Waals surface area contributed by atoms with E-state index in [-0.39, 0.29) is 30.3 Å². The first kappa shape index (κ1) is 19.2. The van der Waals surface area contributed by atoms with Crippen LogP contribution in [0.5, 0.6) is 0 Å². The molecule has 0 spiro atoms. The zero-order valence-electron chi connectivity index (χ0n) is 13.4. The smallest absolute Gasteiger partial charge is 0.320 e. The van der Waals surface area contributed by atoms with Crippen molar-refractivity contribution < 1.29 is 9.59 Å². The van der Waals surface area contributed by atoms with Crippen LogP contribution >= 0.6 is 12.4 Å². The molecule has 0 radical (unpaired) electrons. The summed E-state index contributed by atoms with van der Waals surface area (Å²) in [4.78, 5) is 28.8. The molecule has 1 aromatic heterocycles. The first-order valence-corrected chi connectivity index (χ1v) is 7.60. The van der Waals surface area contributed by atoms with Crippen LogP contribution in [0.4, 0.5) is 10.5 Å². The number of urea groups is 1. The van der Waals surface area contributed by atoms with Gasteiger partial charge in [0.1, 0.15) is 0 Å². The predicted molar refractivity (Wildman–Crippen MR) is 91.0 cm³/mol. The van der Waals surface area contributed by atoms with Crippen molar-refractivity contribution in [3.8, 4) is 0 Å². The molecule has 1 saturated heterocycles. The third-order valence-electron chi connectivity index (χ3n) is 3.98. The highest BCUT2D eigenvalue weighted by Gasteiger charge is 2.34. The molecular formula is C15H24ClN5O2. The predicted octanol–water partition coefficient (Wildman–Crippen LogP) is 1.86. The number of halogens is 1. The van der Waals surface area contributed by atoms with Crippen molar-refractivity contribution in [3.05, 3.63) is 24.5 Å². The Labute approximate surface area is 142 Å². The summed E-state index contributed by atoms with van der Waals surface area (Å²) in [6, 6.07) is 2.56. The maximum Gasteiger partial charge on any atom is 0.340 e. The van der Waals surface area contributed by atoms with Crippen LogP contribution in [-0.4, -0.2) is 46.1 Å². The number of carbonyl (C=O) groups excluding carboxylic acids is 2. The normalized spacial score (nSPS) is 16.5. The standard InChI is InChI=1S/C15H23N5O2.ClH/c1-3-11(2)13(16)14(21)19-8-5-9-20(19)15(22)18-12-6-4-7-17-10-12;/h4,6-7,10-11,13H,3,5,8-9,16H2,1-2H3,(H,18,22);1H. The summed E-state index contributed by atoms with van der Waals surface area (Å²) < 4.78 is 0. The molecule has 128 valence electrons. The summed E-state index contributed by atoms with van der Waals surface area (Å²) in [6.07, 6.45) is 4.76. The highest BCUT2D eigenvalue weighted by molar-refractivity contribution is 5.92. The lowest BCUT2D eigenvalue weighted by atomic mass is 9.99. The lowest BCUT2D eigenvalue weighted by molar-refractivity contribution is -0.142. The van der Waals surface area contributed by atoms with Crippen molar-refractivity contribution in [2.45, 2.75) is 32.7 Å². The van der Waals surface area contributed by atoms with Crippen LogP contribution in [-0.2, 0) is 4.79 Å². The fourth-order valence-corrected chi connectivity index (χ4v) is 2.35. The van der Waals surface area contributed by atoms with Gasteiger partial charge in [-0.25, -0.2) is 14.8 Å². The molecule has 3 amide bonds. The monoisotopic (exact) mass is 341 g/mol. The second-order valence-electron chi connectivity index (χ2n) is 5.52. The van der Waals surface area contributed by atoms with Crippen molar-refractivity contribution >= 4 is 30.0 Å². The average molecular weight is 342 g/mol. The summed E-state index contributed by atoms with van der Waals surface area (Å²) in [5.74, 6) is -0.121. The summed E-state index contributed by atoms with van der Waals surface area (Å²) >= 11 is 0. The number of aromatic nitrogens is 1. The minimum atomic E-state index is -0.586. The van der Waals surface area contributed by atoms with Crippen molar-refractivity contribution in [1.82, 2.24) is 15.0 Å². The second kappa shape index (κ2) is 8.69. The van der Waals surface area contributed by atoms with Crippen molar-refractivity contribution in [3.63, 3.8) is 0 Å². The van der Waals surface area contributed by atoms with Crippen molar-refractivity contribution in [2.75, 3.05) is 18.4 Å². The number of nitrogens with one attached hydrogen (secondary N) is 1. The van der Waals surface area contributed by atoms with E-state index in [1.165, 1.54) is 10.0 Å². The maximum absolute atomic E-state index is 12.5. The number of hydrogen-bond acceptors (Lipinski definition) is 4. The van der Waals surface area contributed by atoms with E-state index in [0.717, 1.165) is 12.8 Å². The quantitative estimate of drug-likeness (QED) is 0.874. The highest BCUT2D eigenvalue weighted by Crippen LogP contribution is 2.17. The molecule has 2 heterocycles. The zero-order chi connectivity index (χ0) is 16.1. The van der Waals surface area contributed by atoms with E-state index in [9.17, 15) is 9.59 Å². The Kier molecular flexibility index (Phi) is 7.25. The Morgan fingerprint density at radius 1 is 1.39 bits per heavy atom. The van der Waals surface area contributed by atoms with Crippen LogP contribution in [0, 0.1) is 5.92 Å². The van der Waals surface area contributed by atoms with Gasteiger partial charge in [0.25, 0.3) is 5.91 Å². The van der Waals surface area contributed by atoms with Crippen LogP contribution in [0.1, 0.15) is 26.7 Å². The molecule has 7 nitrogen and oxygen atoms in total. The molecule has 3 N–H and O–H groups in total. The van der Waals surface area contributed by atoms with E-state index in [2.05, 4.69) is 10.3 Å². The molecule has 1 aliphatic heterocycles. The van der Waals surface area contributed by atoms with Crippen molar-refractivity contribution in [2.24, 2.45) is 11.7 Å². The zero-order valence-corrected chi connectivity index (χ0v) is 14.3. The van der Waals surface area contributed by atoms with E-state index in [4.69, 9.17) is 5.73 Å². The molecule has 0 aromatic carbocycles. The number of nitrogens with two attached hydrogens (primary N) is 1. The molecular weight excluding hydrogens is 318 g/mol.